The lowest BCUT2D eigenvalue weighted by molar-refractivity contribution is -0.116. The van der Waals surface area contributed by atoms with Crippen molar-refractivity contribution >= 4 is 5.78 Å². The molecule has 0 atom stereocenters. The molecule has 0 unspecified atom stereocenters. The molecule has 0 bridgehead atoms. The molecule has 0 aliphatic heterocycles. The van der Waals surface area contributed by atoms with E-state index in [1.807, 2.05) is 12.1 Å². The number of nitrogens with one attached hydrogen (secondary N) is 1. The van der Waals surface area contributed by atoms with Crippen LogP contribution in [0.4, 0.5) is 0 Å². The first-order valence-electron chi connectivity index (χ1n) is 5.80. The van der Waals surface area contributed by atoms with Crippen molar-refractivity contribution in [1.29, 1.82) is 0 Å². The van der Waals surface area contributed by atoms with Gasteiger partial charge >= 0.3 is 0 Å². The van der Waals surface area contributed by atoms with E-state index in [9.17, 15) is 4.79 Å². The standard InChI is InChI=1S/C14H21NO2/c1-11(16)9-15-10-14(2,3)12-5-7-13(17-4)8-6-12/h5-8,15H,9-10H2,1-4H3. The zero-order valence-electron chi connectivity index (χ0n) is 11.0. The summed E-state index contributed by atoms with van der Waals surface area (Å²) >= 11 is 0. The van der Waals surface area contributed by atoms with E-state index in [-0.39, 0.29) is 11.2 Å². The van der Waals surface area contributed by atoms with Gasteiger partial charge in [-0.1, -0.05) is 26.0 Å². The zero-order valence-corrected chi connectivity index (χ0v) is 11.0. The number of ether oxygens (including phenoxy) is 1. The molecule has 3 heteroatoms. The predicted molar refractivity (Wildman–Crippen MR) is 69.6 cm³/mol. The van der Waals surface area contributed by atoms with Gasteiger partial charge in [0.1, 0.15) is 11.5 Å². The first-order chi connectivity index (χ1) is 7.95. The maximum atomic E-state index is 10.9. The van der Waals surface area contributed by atoms with Gasteiger partial charge in [0.2, 0.25) is 0 Å². The summed E-state index contributed by atoms with van der Waals surface area (Å²) in [5.74, 6) is 1.02. The molecule has 0 fully saturated rings. The maximum Gasteiger partial charge on any atom is 0.143 e. The van der Waals surface area contributed by atoms with Crippen LogP contribution in [0.3, 0.4) is 0 Å². The summed E-state index contributed by atoms with van der Waals surface area (Å²) in [6.07, 6.45) is 0. The van der Waals surface area contributed by atoms with Gasteiger partial charge in [-0.15, -0.1) is 0 Å². The molecule has 0 radical (unpaired) electrons. The number of Topliss-reactive ketones (excluding diaryl/α,β-unsaturated/α-hetero) is 1. The lowest BCUT2D eigenvalue weighted by Crippen LogP contribution is -2.35. The van der Waals surface area contributed by atoms with E-state index in [0.717, 1.165) is 12.3 Å². The van der Waals surface area contributed by atoms with Crippen LogP contribution in [0.5, 0.6) is 5.75 Å². The minimum absolute atomic E-state index is 0.00171. The number of methoxy groups -OCH3 is 1. The molecule has 0 heterocycles. The van der Waals surface area contributed by atoms with Crippen LogP contribution in [0.25, 0.3) is 0 Å². The quantitative estimate of drug-likeness (QED) is 0.821. The fourth-order valence-corrected chi connectivity index (χ4v) is 1.70. The second-order valence-corrected chi connectivity index (χ2v) is 4.92. The molecule has 1 N–H and O–H groups in total. The van der Waals surface area contributed by atoms with Crippen molar-refractivity contribution in [2.45, 2.75) is 26.2 Å². The highest BCUT2D eigenvalue weighted by Gasteiger charge is 2.20. The first kappa shape index (κ1) is 13.7. The summed E-state index contributed by atoms with van der Waals surface area (Å²) < 4.78 is 5.13. The highest BCUT2D eigenvalue weighted by Crippen LogP contribution is 2.24. The Morgan fingerprint density at radius 3 is 2.35 bits per heavy atom. The van der Waals surface area contributed by atoms with Gasteiger partial charge in [-0.05, 0) is 24.6 Å². The topological polar surface area (TPSA) is 38.3 Å². The molecule has 94 valence electrons. The van der Waals surface area contributed by atoms with Crippen molar-refractivity contribution in [3.63, 3.8) is 0 Å². The number of hydrogen-bond acceptors (Lipinski definition) is 3. The molecular weight excluding hydrogens is 214 g/mol. The summed E-state index contributed by atoms with van der Waals surface area (Å²) in [7, 11) is 1.66. The molecule has 3 nitrogen and oxygen atoms in total. The average molecular weight is 235 g/mol. The first-order valence-corrected chi connectivity index (χ1v) is 5.80. The molecule has 0 saturated heterocycles. The van der Waals surface area contributed by atoms with E-state index in [0.29, 0.717) is 6.54 Å². The predicted octanol–water partition coefficient (Wildman–Crippen LogP) is 2.15. The third-order valence-electron chi connectivity index (χ3n) is 2.81. The molecule has 0 saturated carbocycles. The Labute approximate surface area is 103 Å². The van der Waals surface area contributed by atoms with Crippen LogP contribution in [0.1, 0.15) is 26.3 Å². The van der Waals surface area contributed by atoms with E-state index >= 15 is 0 Å². The van der Waals surface area contributed by atoms with Gasteiger partial charge in [-0.2, -0.15) is 0 Å². The van der Waals surface area contributed by atoms with E-state index in [2.05, 4.69) is 31.3 Å². The van der Waals surface area contributed by atoms with Crippen molar-refractivity contribution in [3.8, 4) is 5.75 Å². The molecule has 1 aromatic rings. The summed E-state index contributed by atoms with van der Waals surface area (Å²) in [4.78, 5) is 10.9. The van der Waals surface area contributed by atoms with Crippen molar-refractivity contribution < 1.29 is 9.53 Å². The number of rotatable bonds is 6. The van der Waals surface area contributed by atoms with E-state index in [1.54, 1.807) is 14.0 Å². The van der Waals surface area contributed by atoms with Gasteiger partial charge < -0.3 is 10.1 Å². The smallest absolute Gasteiger partial charge is 0.143 e. The molecule has 17 heavy (non-hydrogen) atoms. The highest BCUT2D eigenvalue weighted by molar-refractivity contribution is 5.77. The fraction of sp³-hybridized carbons (Fsp3) is 0.500. The number of hydrogen-bond donors (Lipinski definition) is 1. The Balaban J connectivity index is 2.64. The van der Waals surface area contributed by atoms with Gasteiger partial charge in [0.25, 0.3) is 0 Å². The van der Waals surface area contributed by atoms with Crippen molar-refractivity contribution in [3.05, 3.63) is 29.8 Å². The van der Waals surface area contributed by atoms with Crippen LogP contribution in [0, 0.1) is 0 Å². The van der Waals surface area contributed by atoms with Crippen molar-refractivity contribution in [1.82, 2.24) is 5.32 Å². The minimum Gasteiger partial charge on any atom is -0.497 e. The Hall–Kier alpha value is -1.35. The van der Waals surface area contributed by atoms with Crippen molar-refractivity contribution in [2.75, 3.05) is 20.2 Å². The van der Waals surface area contributed by atoms with Gasteiger partial charge in [0.15, 0.2) is 0 Å². The number of carbonyl (C=O) groups is 1. The van der Waals surface area contributed by atoms with Crippen molar-refractivity contribution in [2.24, 2.45) is 0 Å². The summed E-state index contributed by atoms with van der Waals surface area (Å²) in [6.45, 7) is 7.11. The maximum absolute atomic E-state index is 10.9. The number of benzene rings is 1. The number of carbonyl (C=O) groups excluding carboxylic acids is 1. The Bertz CT molecular complexity index is 368. The summed E-state index contributed by atoms with van der Waals surface area (Å²) in [5.41, 5.74) is 1.23. The van der Waals surface area contributed by atoms with E-state index < -0.39 is 0 Å². The van der Waals surface area contributed by atoms with Crippen LogP contribution in [0.15, 0.2) is 24.3 Å². The van der Waals surface area contributed by atoms with Gasteiger partial charge in [0, 0.05) is 12.0 Å². The Morgan fingerprint density at radius 2 is 1.88 bits per heavy atom. The molecule has 0 spiro atoms. The molecule has 0 amide bonds. The highest BCUT2D eigenvalue weighted by atomic mass is 16.5. The van der Waals surface area contributed by atoms with Crippen LogP contribution in [0.2, 0.25) is 0 Å². The van der Waals surface area contributed by atoms with Crippen LogP contribution < -0.4 is 10.1 Å². The average Bonchev–Trinajstić information content (AvgIpc) is 2.28. The van der Waals surface area contributed by atoms with E-state index in [1.165, 1.54) is 5.56 Å². The molecule has 0 aliphatic carbocycles. The summed E-state index contributed by atoms with van der Waals surface area (Å²) in [5, 5.41) is 3.17. The molecular formula is C14H21NO2. The normalized spacial score (nSPS) is 11.3. The lowest BCUT2D eigenvalue weighted by Gasteiger charge is -2.25. The SMILES string of the molecule is COc1ccc(C(C)(C)CNCC(C)=O)cc1. The second kappa shape index (κ2) is 5.82. The van der Waals surface area contributed by atoms with Crippen LogP contribution >= 0.6 is 0 Å². The monoisotopic (exact) mass is 235 g/mol. The molecule has 0 aliphatic rings. The van der Waals surface area contributed by atoms with Crippen LogP contribution in [-0.4, -0.2) is 26.0 Å². The van der Waals surface area contributed by atoms with Gasteiger partial charge in [-0.3, -0.25) is 4.79 Å². The third-order valence-corrected chi connectivity index (χ3v) is 2.81. The molecule has 1 rings (SSSR count). The van der Waals surface area contributed by atoms with E-state index in [4.69, 9.17) is 4.74 Å². The Kier molecular flexibility index (Phi) is 4.70. The molecule has 1 aromatic carbocycles. The van der Waals surface area contributed by atoms with Gasteiger partial charge in [-0.25, -0.2) is 0 Å². The fourth-order valence-electron chi connectivity index (χ4n) is 1.70. The largest absolute Gasteiger partial charge is 0.497 e. The molecule has 0 aromatic heterocycles. The van der Waals surface area contributed by atoms with Crippen LogP contribution in [-0.2, 0) is 10.2 Å². The zero-order chi connectivity index (χ0) is 12.9. The number of ketones is 1. The summed E-state index contributed by atoms with van der Waals surface area (Å²) in [6, 6.07) is 8.05. The third kappa shape index (κ3) is 4.19. The van der Waals surface area contributed by atoms with Gasteiger partial charge in [0.05, 0.1) is 13.7 Å². The minimum atomic E-state index is 0.00171. The second-order valence-electron chi connectivity index (χ2n) is 4.92. The lowest BCUT2D eigenvalue weighted by atomic mass is 9.84. The Morgan fingerprint density at radius 1 is 1.29 bits per heavy atom.